The van der Waals surface area contributed by atoms with Gasteiger partial charge >= 0.3 is 11.9 Å². The van der Waals surface area contributed by atoms with Crippen LogP contribution >= 0.6 is 11.8 Å². The van der Waals surface area contributed by atoms with Crippen molar-refractivity contribution in [3.05, 3.63) is 62.7 Å². The van der Waals surface area contributed by atoms with Crippen LogP contribution in [-0.2, 0) is 32.7 Å². The van der Waals surface area contributed by atoms with Crippen molar-refractivity contribution in [1.82, 2.24) is 15.1 Å². The number of rotatable bonds is 3. The Kier molecular flexibility index (Phi) is 8.91. The largest absolute Gasteiger partial charge is 0.504 e. The molecule has 3 aromatic carbocycles. The molecule has 4 bridgehead atoms. The molecule has 54 heavy (non-hydrogen) atoms. The summed E-state index contributed by atoms with van der Waals surface area (Å²) in [6, 6.07) is 4.51. The van der Waals surface area contributed by atoms with Crippen LogP contribution < -0.4 is 29.0 Å². The molecule has 10 rings (SSSR count). The number of thioether (sulfide) groups is 1. The number of piperazine rings is 1. The molecule has 14 heteroatoms. The maximum absolute atomic E-state index is 14.7. The molecule has 0 aromatic heterocycles. The van der Waals surface area contributed by atoms with Crippen LogP contribution in [0.4, 0.5) is 0 Å². The molecular formula is C40H47N3O10S. The predicted molar refractivity (Wildman–Crippen MR) is 200 cm³/mol. The number of esters is 2. The van der Waals surface area contributed by atoms with E-state index in [1.165, 1.54) is 14.0 Å². The minimum Gasteiger partial charge on any atom is -0.504 e. The van der Waals surface area contributed by atoms with Gasteiger partial charge in [0.1, 0.15) is 12.4 Å². The van der Waals surface area contributed by atoms with Gasteiger partial charge in [-0.2, -0.15) is 0 Å². The van der Waals surface area contributed by atoms with E-state index in [2.05, 4.69) is 28.2 Å². The maximum atomic E-state index is 14.7. The summed E-state index contributed by atoms with van der Waals surface area (Å²) < 4.78 is 36.2. The van der Waals surface area contributed by atoms with Crippen molar-refractivity contribution in [3.8, 4) is 40.2 Å². The smallest absolute Gasteiger partial charge is 0.331 e. The summed E-state index contributed by atoms with van der Waals surface area (Å²) in [5.41, 5.74) is 5.22. The minimum atomic E-state index is -1.29. The molecule has 13 nitrogen and oxygen atoms in total. The van der Waals surface area contributed by atoms with Gasteiger partial charge in [0, 0.05) is 60.1 Å². The number of phenolic OH excluding ortho intramolecular Hbond substituents is 2. The zero-order valence-electron chi connectivity index (χ0n) is 30.5. The average molecular weight is 762 g/mol. The Bertz CT molecular complexity index is 2090. The first-order valence-corrected chi connectivity index (χ1v) is 19.0. The third-order valence-electron chi connectivity index (χ3n) is 12.2. The highest BCUT2D eigenvalue weighted by Gasteiger charge is 2.59. The summed E-state index contributed by atoms with van der Waals surface area (Å²) in [4.78, 5) is 32.3. The second-order valence-corrected chi connectivity index (χ2v) is 16.0. The quantitative estimate of drug-likeness (QED) is 0.250. The van der Waals surface area contributed by atoms with E-state index in [0.717, 1.165) is 33.4 Å². The van der Waals surface area contributed by atoms with E-state index in [9.17, 15) is 19.8 Å². The fourth-order valence-corrected chi connectivity index (χ4v) is 11.6. The van der Waals surface area contributed by atoms with Gasteiger partial charge in [-0.05, 0) is 68.1 Å². The van der Waals surface area contributed by atoms with Crippen molar-refractivity contribution in [1.29, 1.82) is 0 Å². The molecule has 3 aromatic rings. The zero-order valence-corrected chi connectivity index (χ0v) is 31.3. The Labute approximate surface area is 318 Å². The van der Waals surface area contributed by atoms with Crippen LogP contribution in [0.5, 0.6) is 40.2 Å². The number of ether oxygens (including phenoxy) is 6. The lowest BCUT2D eigenvalue weighted by Crippen LogP contribution is -2.65. The van der Waals surface area contributed by atoms with Crippen molar-refractivity contribution in [2.75, 3.05) is 53.5 Å². The van der Waals surface area contributed by atoms with Crippen LogP contribution in [0.3, 0.4) is 0 Å². The second-order valence-electron chi connectivity index (χ2n) is 14.9. The Balaban J connectivity index is 0.00000413. The molecule has 7 aliphatic heterocycles. The highest BCUT2D eigenvalue weighted by Crippen LogP contribution is 2.63. The molecule has 3 N–H and O–H groups in total. The number of phenols is 2. The number of carbonyl (C=O) groups is 2. The molecule has 7 heterocycles. The normalized spacial score (nSPS) is 27.8. The molecule has 2 saturated heterocycles. The topological polar surface area (TPSA) is 148 Å². The maximum Gasteiger partial charge on any atom is 0.331 e. The van der Waals surface area contributed by atoms with Crippen molar-refractivity contribution in [2.24, 2.45) is 0 Å². The first-order chi connectivity index (χ1) is 25.5. The highest BCUT2D eigenvalue weighted by molar-refractivity contribution is 7.99. The van der Waals surface area contributed by atoms with Gasteiger partial charge in [-0.1, -0.05) is 13.5 Å². The number of fused-ring (bicyclic) bond motifs is 9. The van der Waals surface area contributed by atoms with Crippen LogP contribution in [-0.4, -0.2) is 97.5 Å². The molecule has 0 aliphatic carbocycles. The number of methoxy groups -OCH3 is 2. The molecule has 0 radical (unpaired) electrons. The van der Waals surface area contributed by atoms with Crippen molar-refractivity contribution in [3.63, 3.8) is 0 Å². The van der Waals surface area contributed by atoms with Crippen LogP contribution in [0.1, 0.15) is 76.2 Å². The number of likely N-dealkylation sites (N-methyl/N-ethyl adjacent to an activating group) is 1. The van der Waals surface area contributed by atoms with Gasteiger partial charge in [0.05, 0.1) is 31.6 Å². The number of hydrogen-bond acceptors (Lipinski definition) is 14. The Morgan fingerprint density at radius 3 is 2.54 bits per heavy atom. The molecule has 2 fully saturated rings. The molecule has 0 saturated carbocycles. The summed E-state index contributed by atoms with van der Waals surface area (Å²) in [5, 5.41) is 25.8. The summed E-state index contributed by atoms with van der Waals surface area (Å²) in [6.45, 7) is 6.33. The number of aromatic hydroxyl groups is 2. The molecular weight excluding hydrogens is 715 g/mol. The number of nitrogens with one attached hydrogen (secondary N) is 1. The van der Waals surface area contributed by atoms with E-state index in [0.29, 0.717) is 60.1 Å². The second kappa shape index (κ2) is 13.1. The molecule has 7 aliphatic rings. The highest BCUT2D eigenvalue weighted by atomic mass is 32.2. The fourth-order valence-electron chi connectivity index (χ4n) is 9.92. The van der Waals surface area contributed by atoms with Gasteiger partial charge in [-0.15, -0.1) is 11.8 Å². The van der Waals surface area contributed by atoms with Crippen LogP contribution in [0.25, 0.3) is 0 Å². The minimum absolute atomic E-state index is 0. The first kappa shape index (κ1) is 36.6. The molecule has 6 atom stereocenters. The van der Waals surface area contributed by atoms with E-state index < -0.39 is 28.8 Å². The van der Waals surface area contributed by atoms with Gasteiger partial charge in [0.25, 0.3) is 0 Å². The van der Waals surface area contributed by atoms with Gasteiger partial charge in [0.15, 0.2) is 40.0 Å². The number of aryl methyl sites for hydroxylation is 1. The molecule has 0 amide bonds. The van der Waals surface area contributed by atoms with Crippen molar-refractivity contribution < 1.29 is 48.2 Å². The third kappa shape index (κ3) is 5.02. The van der Waals surface area contributed by atoms with Crippen molar-refractivity contribution in [2.45, 2.75) is 76.0 Å². The van der Waals surface area contributed by atoms with E-state index in [4.69, 9.17) is 28.4 Å². The zero-order chi connectivity index (χ0) is 37.1. The lowest BCUT2D eigenvalue weighted by Gasteiger charge is -2.60. The lowest BCUT2D eigenvalue weighted by molar-refractivity contribution is -0.156. The van der Waals surface area contributed by atoms with Crippen LogP contribution in [0.15, 0.2) is 18.2 Å². The van der Waals surface area contributed by atoms with Gasteiger partial charge in [0.2, 0.25) is 6.79 Å². The van der Waals surface area contributed by atoms with Gasteiger partial charge < -0.3 is 38.6 Å². The summed E-state index contributed by atoms with van der Waals surface area (Å²) in [7, 11) is 5.17. The van der Waals surface area contributed by atoms with Crippen LogP contribution in [0.2, 0.25) is 0 Å². The number of benzene rings is 3. The SMILES string of the molecule is C.COc1cc2c(cc1O)CCN[C@]21CS[C@@H]2c3c(OC(C)=O)c(C)c4c(c3[C@H](COC1=O)N1C[C@@H]3Cc5cc(C)c(OC)c(O)c5[C@H]([C@H]21)N3C)OCO4. The van der Waals surface area contributed by atoms with Crippen LogP contribution in [0, 0.1) is 13.8 Å². The summed E-state index contributed by atoms with van der Waals surface area (Å²) in [5.74, 6) is 1.66. The average Bonchev–Trinajstić information content (AvgIpc) is 3.61. The summed E-state index contributed by atoms with van der Waals surface area (Å²) in [6.07, 6.45) is 1.31. The third-order valence-corrected chi connectivity index (χ3v) is 13.7. The Hall–Kier alpha value is -4.37. The lowest BCUT2D eigenvalue weighted by atomic mass is 9.73. The van der Waals surface area contributed by atoms with Gasteiger partial charge in [-0.25, -0.2) is 4.79 Å². The van der Waals surface area contributed by atoms with E-state index in [1.54, 1.807) is 31.0 Å². The first-order valence-electron chi connectivity index (χ1n) is 17.9. The number of nitrogens with zero attached hydrogens (tertiary/aromatic N) is 2. The summed E-state index contributed by atoms with van der Waals surface area (Å²) >= 11 is 1.58. The fraction of sp³-hybridized carbons (Fsp3) is 0.500. The molecule has 288 valence electrons. The monoisotopic (exact) mass is 761 g/mol. The Morgan fingerprint density at radius 1 is 1.02 bits per heavy atom. The van der Waals surface area contributed by atoms with E-state index in [1.807, 2.05) is 13.8 Å². The molecule has 1 spiro atoms. The predicted octanol–water partition coefficient (Wildman–Crippen LogP) is 4.73. The van der Waals surface area contributed by atoms with E-state index >= 15 is 0 Å². The van der Waals surface area contributed by atoms with E-state index in [-0.39, 0.29) is 62.0 Å². The van der Waals surface area contributed by atoms with Crippen molar-refractivity contribution >= 4 is 23.7 Å². The number of hydrogen-bond donors (Lipinski definition) is 3. The molecule has 0 unspecified atom stereocenters. The Morgan fingerprint density at radius 2 is 1.80 bits per heavy atom. The standard InChI is InChI=1S/C39H43N3O10S.CH4/c1-17-9-21-10-22-13-42-24-14-49-38(46)39(23-12-26(47-5)25(44)11-20(23)7-8-40-39)15-53-37(31(42)30(41(22)4)27(21)32(45)33(17)48-6)29-28(24)36-35(50-16-51-36)18(2)34(29)52-19(3)43;/h9,11-12,22,24,30-31,37,40,44-45H,7-8,10,13-16H2,1-6H3;1H4/t22-,24-,30+,31+,37+,39+;/m0./s1. The number of carbonyl (C=O) groups excluding carboxylic acids is 2. The van der Waals surface area contributed by atoms with Gasteiger partial charge in [-0.3, -0.25) is 19.9 Å².